The van der Waals surface area contributed by atoms with Crippen molar-refractivity contribution in [3.8, 4) is 11.4 Å². The van der Waals surface area contributed by atoms with Crippen LogP contribution in [0, 0.1) is 0 Å². The van der Waals surface area contributed by atoms with Gasteiger partial charge in [-0.25, -0.2) is 4.98 Å². The maximum Gasteiger partial charge on any atom is 0.433 e. The molecule has 0 N–H and O–H groups in total. The molecule has 0 atom stereocenters. The maximum absolute atomic E-state index is 13.5. The van der Waals surface area contributed by atoms with Gasteiger partial charge in [-0.05, 0) is 36.4 Å². The minimum atomic E-state index is -5.09. The number of rotatable bonds is 1. The molecular weight excluding hydrogens is 445 g/mol. The monoisotopic (exact) mass is 450 g/mol. The average molecular weight is 451 g/mol. The SMILES string of the molecule is FC(F)(F)c1cc(C(F)(F)F)c2ccc3nnc(-c4ccc(Cl)cc4Cl)n3c2n1. The van der Waals surface area contributed by atoms with Crippen LogP contribution in [0.1, 0.15) is 11.3 Å². The summed E-state index contributed by atoms with van der Waals surface area (Å²) in [5.41, 5.74) is -3.55. The summed E-state index contributed by atoms with van der Waals surface area (Å²) in [6.45, 7) is 0. The van der Waals surface area contributed by atoms with Crippen molar-refractivity contribution in [2.45, 2.75) is 12.4 Å². The van der Waals surface area contributed by atoms with Crippen LogP contribution in [0.25, 0.3) is 28.1 Å². The van der Waals surface area contributed by atoms with Gasteiger partial charge in [-0.2, -0.15) is 26.3 Å². The van der Waals surface area contributed by atoms with Crippen LogP contribution in [0.2, 0.25) is 10.0 Å². The third-order valence-electron chi connectivity index (χ3n) is 4.11. The van der Waals surface area contributed by atoms with Crippen LogP contribution in [0.5, 0.6) is 0 Å². The van der Waals surface area contributed by atoms with Gasteiger partial charge in [-0.15, -0.1) is 10.2 Å². The van der Waals surface area contributed by atoms with E-state index in [0.717, 1.165) is 10.5 Å². The molecule has 29 heavy (non-hydrogen) atoms. The Bertz CT molecular complexity index is 1260. The average Bonchev–Trinajstić information content (AvgIpc) is 3.03. The van der Waals surface area contributed by atoms with E-state index in [2.05, 4.69) is 15.2 Å². The van der Waals surface area contributed by atoms with Crippen LogP contribution in [0.15, 0.2) is 36.4 Å². The summed E-state index contributed by atoms with van der Waals surface area (Å²) >= 11 is 12.0. The van der Waals surface area contributed by atoms with Gasteiger partial charge in [0.25, 0.3) is 0 Å². The predicted octanol–water partition coefficient (Wildman–Crippen LogP) is 6.29. The van der Waals surface area contributed by atoms with Crippen molar-refractivity contribution in [1.82, 2.24) is 19.6 Å². The first-order valence-corrected chi connectivity index (χ1v) is 8.51. The fourth-order valence-electron chi connectivity index (χ4n) is 2.87. The number of fused-ring (bicyclic) bond motifs is 3. The Kier molecular flexibility index (Phi) is 4.39. The molecular formula is C17H6Cl2F6N4. The molecule has 0 bridgehead atoms. The lowest BCUT2D eigenvalue weighted by Crippen LogP contribution is -2.14. The largest absolute Gasteiger partial charge is 0.433 e. The summed E-state index contributed by atoms with van der Waals surface area (Å²) in [5, 5.41) is 7.52. The van der Waals surface area contributed by atoms with Gasteiger partial charge in [0, 0.05) is 16.0 Å². The summed E-state index contributed by atoms with van der Waals surface area (Å²) in [5.74, 6) is -0.0767. The highest BCUT2D eigenvalue weighted by atomic mass is 35.5. The molecule has 150 valence electrons. The Morgan fingerprint density at radius 2 is 1.55 bits per heavy atom. The topological polar surface area (TPSA) is 43.1 Å². The number of hydrogen-bond acceptors (Lipinski definition) is 3. The lowest BCUT2D eigenvalue weighted by Gasteiger charge is -2.15. The van der Waals surface area contributed by atoms with Crippen LogP contribution in [0.3, 0.4) is 0 Å². The molecule has 4 rings (SSSR count). The zero-order valence-electron chi connectivity index (χ0n) is 13.8. The summed E-state index contributed by atoms with van der Waals surface area (Å²) in [7, 11) is 0. The van der Waals surface area contributed by atoms with E-state index < -0.39 is 34.6 Å². The van der Waals surface area contributed by atoms with Crippen LogP contribution in [-0.2, 0) is 12.4 Å². The second-order valence-corrected chi connectivity index (χ2v) is 6.81. The Morgan fingerprint density at radius 3 is 2.17 bits per heavy atom. The van der Waals surface area contributed by atoms with Crippen molar-refractivity contribution in [3.63, 3.8) is 0 Å². The molecule has 0 fully saturated rings. The van der Waals surface area contributed by atoms with Gasteiger partial charge in [0.2, 0.25) is 0 Å². The number of pyridine rings is 2. The minimum Gasteiger partial charge on any atom is -0.258 e. The third kappa shape index (κ3) is 3.36. The lowest BCUT2D eigenvalue weighted by molar-refractivity contribution is -0.144. The fourth-order valence-corrected chi connectivity index (χ4v) is 3.37. The summed E-state index contributed by atoms with van der Waals surface area (Å²) in [4.78, 5) is 3.44. The molecule has 0 aliphatic heterocycles. The first kappa shape index (κ1) is 19.7. The first-order valence-electron chi connectivity index (χ1n) is 7.75. The molecule has 3 heterocycles. The van der Waals surface area contributed by atoms with E-state index in [0.29, 0.717) is 0 Å². The Hall–Kier alpha value is -2.59. The predicted molar refractivity (Wildman–Crippen MR) is 93.7 cm³/mol. The van der Waals surface area contributed by atoms with E-state index in [1.54, 1.807) is 0 Å². The second kappa shape index (κ2) is 6.46. The molecule has 0 saturated heterocycles. The molecule has 4 aromatic rings. The number of aromatic nitrogens is 4. The number of nitrogens with zero attached hydrogens (tertiary/aromatic N) is 4. The Morgan fingerprint density at radius 1 is 0.828 bits per heavy atom. The van der Waals surface area contributed by atoms with Gasteiger partial charge in [0.05, 0.1) is 10.6 Å². The number of hydrogen-bond donors (Lipinski definition) is 0. The number of benzene rings is 1. The molecule has 4 nitrogen and oxygen atoms in total. The summed E-state index contributed by atoms with van der Waals surface area (Å²) < 4.78 is 81.1. The molecule has 0 saturated carbocycles. The van der Waals surface area contributed by atoms with E-state index in [4.69, 9.17) is 23.2 Å². The molecule has 0 amide bonds. The molecule has 0 radical (unpaired) electrons. The van der Waals surface area contributed by atoms with E-state index in [9.17, 15) is 26.3 Å². The first-order chi connectivity index (χ1) is 13.5. The van der Waals surface area contributed by atoms with E-state index >= 15 is 0 Å². The molecule has 0 aliphatic rings. The Labute approximate surface area is 167 Å². The number of alkyl halides is 6. The molecule has 1 aromatic carbocycles. The number of halogens is 8. The zero-order chi connectivity index (χ0) is 21.1. The van der Waals surface area contributed by atoms with Crippen molar-refractivity contribution >= 4 is 39.9 Å². The molecule has 0 unspecified atom stereocenters. The van der Waals surface area contributed by atoms with Gasteiger partial charge in [0.15, 0.2) is 11.5 Å². The normalized spacial score (nSPS) is 12.8. The third-order valence-corrected chi connectivity index (χ3v) is 4.65. The van der Waals surface area contributed by atoms with E-state index in [1.165, 1.54) is 24.3 Å². The van der Waals surface area contributed by atoms with Crippen LogP contribution < -0.4 is 0 Å². The van der Waals surface area contributed by atoms with Crippen LogP contribution in [-0.4, -0.2) is 19.6 Å². The van der Waals surface area contributed by atoms with Gasteiger partial charge < -0.3 is 0 Å². The smallest absolute Gasteiger partial charge is 0.258 e. The standard InChI is InChI=1S/C17H6Cl2F6N4/c18-7-1-2-9(11(19)5-7)15-28-27-13-4-3-8-10(16(20,21)22)6-12(17(23,24)25)26-14(8)29(13)15/h1-6H. The Balaban J connectivity index is 2.16. The quantitative estimate of drug-likeness (QED) is 0.320. The van der Waals surface area contributed by atoms with Gasteiger partial charge >= 0.3 is 12.4 Å². The van der Waals surface area contributed by atoms with Gasteiger partial charge in [0.1, 0.15) is 11.3 Å². The van der Waals surface area contributed by atoms with Crippen molar-refractivity contribution in [2.24, 2.45) is 0 Å². The second-order valence-electron chi connectivity index (χ2n) is 5.96. The zero-order valence-corrected chi connectivity index (χ0v) is 15.3. The van der Waals surface area contributed by atoms with Crippen LogP contribution in [0.4, 0.5) is 26.3 Å². The maximum atomic E-state index is 13.5. The van der Waals surface area contributed by atoms with Crippen molar-refractivity contribution < 1.29 is 26.3 Å². The van der Waals surface area contributed by atoms with Gasteiger partial charge in [-0.1, -0.05) is 23.2 Å². The highest BCUT2D eigenvalue weighted by molar-refractivity contribution is 6.36. The van der Waals surface area contributed by atoms with E-state index in [-0.39, 0.29) is 33.1 Å². The van der Waals surface area contributed by atoms with Crippen LogP contribution >= 0.6 is 23.2 Å². The van der Waals surface area contributed by atoms with Gasteiger partial charge in [-0.3, -0.25) is 4.40 Å². The lowest BCUT2D eigenvalue weighted by atomic mass is 10.1. The highest BCUT2D eigenvalue weighted by Crippen LogP contribution is 2.39. The van der Waals surface area contributed by atoms with E-state index in [1.807, 2.05) is 0 Å². The van der Waals surface area contributed by atoms with Crippen molar-refractivity contribution in [3.05, 3.63) is 57.7 Å². The molecule has 0 spiro atoms. The fraction of sp³-hybridized carbons (Fsp3) is 0.118. The molecule has 12 heteroatoms. The summed E-state index contributed by atoms with van der Waals surface area (Å²) in [6.07, 6.45) is -10.1. The van der Waals surface area contributed by atoms with Crippen molar-refractivity contribution in [1.29, 1.82) is 0 Å². The molecule has 0 aliphatic carbocycles. The minimum absolute atomic E-state index is 0.00142. The highest BCUT2D eigenvalue weighted by Gasteiger charge is 2.39. The van der Waals surface area contributed by atoms with Crippen molar-refractivity contribution in [2.75, 3.05) is 0 Å². The molecule has 3 aromatic heterocycles. The summed E-state index contributed by atoms with van der Waals surface area (Å²) in [6, 6.07) is 6.42.